The van der Waals surface area contributed by atoms with Crippen molar-refractivity contribution in [3.63, 3.8) is 0 Å². The van der Waals surface area contributed by atoms with Crippen molar-refractivity contribution in [2.75, 3.05) is 4.90 Å². The second-order valence-electron chi connectivity index (χ2n) is 7.87. The quantitative estimate of drug-likeness (QED) is 0.369. The number of phenolic OH excluding ortho intramolecular Hbond substituents is 2. The van der Waals surface area contributed by atoms with Crippen LogP contribution in [0.3, 0.4) is 0 Å². The maximum Gasteiger partial charge on any atom is 0.262 e. The van der Waals surface area contributed by atoms with Crippen LogP contribution in [-0.4, -0.2) is 26.1 Å². The van der Waals surface area contributed by atoms with Crippen molar-refractivity contribution in [1.29, 1.82) is 0 Å². The van der Waals surface area contributed by atoms with Gasteiger partial charge in [0.25, 0.3) is 5.91 Å². The lowest BCUT2D eigenvalue weighted by Crippen LogP contribution is -2.30. The average molecular weight is 447 g/mol. The SMILES string of the molecule is O=C(c1ccc(O)cc1O)N(Cc1ccccc1)c1ccc(-c2cnc3ccccc3n2)cc1. The molecule has 4 aromatic carbocycles. The van der Waals surface area contributed by atoms with E-state index < -0.39 is 0 Å². The number of phenols is 2. The highest BCUT2D eigenvalue weighted by molar-refractivity contribution is 6.08. The molecule has 0 fully saturated rings. The zero-order valence-corrected chi connectivity index (χ0v) is 18.2. The Hall–Kier alpha value is -4.71. The Balaban J connectivity index is 1.50. The van der Waals surface area contributed by atoms with Crippen LogP contribution in [0.2, 0.25) is 0 Å². The minimum Gasteiger partial charge on any atom is -0.508 e. The molecule has 5 aromatic rings. The van der Waals surface area contributed by atoms with Crippen molar-refractivity contribution >= 4 is 22.6 Å². The topological polar surface area (TPSA) is 86.5 Å². The number of aromatic nitrogens is 2. The van der Waals surface area contributed by atoms with Crippen molar-refractivity contribution in [2.45, 2.75) is 6.54 Å². The first-order chi connectivity index (χ1) is 16.6. The van der Waals surface area contributed by atoms with Crippen LogP contribution in [0.5, 0.6) is 11.5 Å². The van der Waals surface area contributed by atoms with Crippen LogP contribution in [0.4, 0.5) is 5.69 Å². The van der Waals surface area contributed by atoms with Crippen LogP contribution in [0, 0.1) is 0 Å². The van der Waals surface area contributed by atoms with Gasteiger partial charge in [-0.3, -0.25) is 9.78 Å². The number of anilines is 1. The average Bonchev–Trinajstić information content (AvgIpc) is 2.87. The second kappa shape index (κ2) is 9.03. The molecule has 0 radical (unpaired) electrons. The zero-order chi connectivity index (χ0) is 23.5. The predicted octanol–water partition coefficient (Wildman–Crippen LogP) is 5.56. The van der Waals surface area contributed by atoms with Gasteiger partial charge < -0.3 is 15.1 Å². The summed E-state index contributed by atoms with van der Waals surface area (Å²) in [4.78, 5) is 24.2. The molecule has 0 saturated carbocycles. The normalized spacial score (nSPS) is 10.8. The standard InChI is InChI=1S/C28H21N3O3/c32-22-14-15-23(27(33)16-22)28(34)31(18-19-6-2-1-3-7-19)21-12-10-20(11-13-21)26-17-29-24-8-4-5-9-25(24)30-26/h1-17,32-33H,18H2. The monoisotopic (exact) mass is 447 g/mol. The van der Waals surface area contributed by atoms with Crippen LogP contribution in [0.25, 0.3) is 22.3 Å². The molecule has 6 heteroatoms. The second-order valence-corrected chi connectivity index (χ2v) is 7.87. The van der Waals surface area contributed by atoms with Crippen molar-refractivity contribution in [2.24, 2.45) is 0 Å². The number of carbonyl (C=O) groups excluding carboxylic acids is 1. The van der Waals surface area contributed by atoms with Gasteiger partial charge in [-0.1, -0.05) is 54.6 Å². The van der Waals surface area contributed by atoms with Gasteiger partial charge in [0, 0.05) is 17.3 Å². The lowest BCUT2D eigenvalue weighted by Gasteiger charge is -2.24. The zero-order valence-electron chi connectivity index (χ0n) is 18.2. The minimum absolute atomic E-state index is 0.107. The van der Waals surface area contributed by atoms with Crippen molar-refractivity contribution < 1.29 is 15.0 Å². The summed E-state index contributed by atoms with van der Waals surface area (Å²) in [5.41, 5.74) is 4.98. The van der Waals surface area contributed by atoms with E-state index in [4.69, 9.17) is 4.98 Å². The van der Waals surface area contributed by atoms with E-state index in [1.807, 2.05) is 78.9 Å². The van der Waals surface area contributed by atoms with Gasteiger partial charge in [-0.2, -0.15) is 0 Å². The van der Waals surface area contributed by atoms with E-state index in [0.29, 0.717) is 12.2 Å². The Morgan fingerprint density at radius 1 is 0.794 bits per heavy atom. The highest BCUT2D eigenvalue weighted by Gasteiger charge is 2.21. The molecule has 1 aromatic heterocycles. The molecule has 0 atom stereocenters. The van der Waals surface area contributed by atoms with Crippen LogP contribution >= 0.6 is 0 Å². The number of amides is 1. The highest BCUT2D eigenvalue weighted by atomic mass is 16.3. The van der Waals surface area contributed by atoms with Crippen LogP contribution in [0.1, 0.15) is 15.9 Å². The number of aromatic hydroxyl groups is 2. The summed E-state index contributed by atoms with van der Waals surface area (Å²) in [5, 5.41) is 19.9. The highest BCUT2D eigenvalue weighted by Crippen LogP contribution is 2.29. The van der Waals surface area contributed by atoms with Crippen LogP contribution < -0.4 is 4.90 Å². The summed E-state index contributed by atoms with van der Waals surface area (Å²) in [6.07, 6.45) is 1.73. The Bertz CT molecular complexity index is 1470. The molecule has 0 spiro atoms. The molecule has 166 valence electrons. The van der Waals surface area contributed by atoms with E-state index in [9.17, 15) is 15.0 Å². The van der Waals surface area contributed by atoms with Gasteiger partial charge >= 0.3 is 0 Å². The molecule has 0 aliphatic heterocycles. The predicted molar refractivity (Wildman–Crippen MR) is 132 cm³/mol. The minimum atomic E-state index is -0.375. The molecule has 0 aliphatic carbocycles. The van der Waals surface area contributed by atoms with Gasteiger partial charge in [-0.15, -0.1) is 0 Å². The number of carbonyl (C=O) groups is 1. The number of fused-ring (bicyclic) bond motifs is 1. The van der Waals surface area contributed by atoms with E-state index in [1.165, 1.54) is 12.1 Å². The number of nitrogens with zero attached hydrogens (tertiary/aromatic N) is 3. The number of benzene rings is 4. The molecule has 1 amide bonds. The summed E-state index contributed by atoms with van der Waals surface area (Å²) >= 11 is 0. The van der Waals surface area contributed by atoms with Crippen molar-refractivity contribution in [3.05, 3.63) is 114 Å². The summed E-state index contributed by atoms with van der Waals surface area (Å²) in [5.74, 6) is -0.754. The van der Waals surface area contributed by atoms with Crippen LogP contribution in [-0.2, 0) is 6.54 Å². The number of rotatable bonds is 5. The Morgan fingerprint density at radius 2 is 1.50 bits per heavy atom. The largest absolute Gasteiger partial charge is 0.508 e. The Morgan fingerprint density at radius 3 is 2.24 bits per heavy atom. The first-order valence-corrected chi connectivity index (χ1v) is 10.8. The first kappa shape index (κ1) is 21.2. The van der Waals surface area contributed by atoms with E-state index in [1.54, 1.807) is 11.1 Å². The first-order valence-electron chi connectivity index (χ1n) is 10.8. The molecule has 34 heavy (non-hydrogen) atoms. The number of hydrogen-bond donors (Lipinski definition) is 2. The van der Waals surface area contributed by atoms with Crippen molar-refractivity contribution in [3.8, 4) is 22.8 Å². The summed E-state index contributed by atoms with van der Waals surface area (Å²) in [6, 6.07) is 28.8. The smallest absolute Gasteiger partial charge is 0.262 e. The van der Waals surface area contributed by atoms with Gasteiger partial charge in [0.2, 0.25) is 0 Å². The van der Waals surface area contributed by atoms with Gasteiger partial charge in [-0.05, 0) is 42.0 Å². The molecule has 2 N–H and O–H groups in total. The third-order valence-electron chi connectivity index (χ3n) is 5.56. The molecule has 0 bridgehead atoms. The van der Waals surface area contributed by atoms with E-state index in [0.717, 1.165) is 33.9 Å². The fraction of sp³-hybridized carbons (Fsp3) is 0.0357. The fourth-order valence-electron chi connectivity index (χ4n) is 3.80. The Kier molecular flexibility index (Phi) is 5.62. The fourth-order valence-corrected chi connectivity index (χ4v) is 3.80. The molecule has 6 nitrogen and oxygen atoms in total. The molecule has 1 heterocycles. The van der Waals surface area contributed by atoms with Crippen molar-refractivity contribution in [1.82, 2.24) is 9.97 Å². The van der Waals surface area contributed by atoms with Gasteiger partial charge in [0.15, 0.2) is 0 Å². The van der Waals surface area contributed by atoms with E-state index in [2.05, 4.69) is 4.98 Å². The molecule has 0 aliphatic rings. The summed E-state index contributed by atoms with van der Waals surface area (Å²) in [7, 11) is 0. The molecular formula is C28H21N3O3. The third-order valence-corrected chi connectivity index (χ3v) is 5.56. The lowest BCUT2D eigenvalue weighted by atomic mass is 10.1. The Labute approximate surface area is 196 Å². The number of hydrogen-bond acceptors (Lipinski definition) is 5. The maximum absolute atomic E-state index is 13.4. The van der Waals surface area contributed by atoms with Gasteiger partial charge in [-0.25, -0.2) is 4.98 Å². The van der Waals surface area contributed by atoms with Gasteiger partial charge in [0.05, 0.1) is 35.0 Å². The molecule has 0 saturated heterocycles. The summed E-state index contributed by atoms with van der Waals surface area (Å²) < 4.78 is 0. The molecule has 0 unspecified atom stereocenters. The maximum atomic E-state index is 13.4. The van der Waals surface area contributed by atoms with E-state index >= 15 is 0 Å². The molecule has 5 rings (SSSR count). The van der Waals surface area contributed by atoms with E-state index in [-0.39, 0.29) is 23.0 Å². The third kappa shape index (κ3) is 4.29. The molecular weight excluding hydrogens is 426 g/mol. The summed E-state index contributed by atoms with van der Waals surface area (Å²) in [6.45, 7) is 0.315. The lowest BCUT2D eigenvalue weighted by molar-refractivity contribution is 0.0982. The number of para-hydroxylation sites is 2. The van der Waals surface area contributed by atoms with Gasteiger partial charge in [0.1, 0.15) is 11.5 Å². The van der Waals surface area contributed by atoms with Crippen LogP contribution in [0.15, 0.2) is 103 Å².